The van der Waals surface area contributed by atoms with Crippen LogP contribution in [-0.4, -0.2) is 41.6 Å². The number of carbonyl (C=O) groups is 1. The van der Waals surface area contributed by atoms with Crippen LogP contribution in [0.25, 0.3) is 0 Å². The third kappa shape index (κ3) is 5.87. The second-order valence-corrected chi connectivity index (χ2v) is 8.28. The maximum Gasteiger partial charge on any atom is 0.264 e. The van der Waals surface area contributed by atoms with Crippen LogP contribution in [0.1, 0.15) is 26.2 Å². The summed E-state index contributed by atoms with van der Waals surface area (Å²) in [5.74, 6) is 0.536. The standard InChI is InChI=1S/C21H28N2O5S/c1-4-5-8-15-22-21(24)16-23(19-9-6-7-10-20(19)28-3)29(25,26)18-13-11-17(27-2)12-14-18/h6-7,9-14H,4-5,8,15-16H2,1-3H3,(H,22,24). The number of methoxy groups -OCH3 is 2. The van der Waals surface area contributed by atoms with Crippen molar-refractivity contribution < 1.29 is 22.7 Å². The first-order valence-electron chi connectivity index (χ1n) is 9.50. The highest BCUT2D eigenvalue weighted by atomic mass is 32.2. The summed E-state index contributed by atoms with van der Waals surface area (Å²) in [5, 5.41) is 2.79. The molecule has 0 atom stereocenters. The van der Waals surface area contributed by atoms with Crippen LogP contribution in [-0.2, 0) is 14.8 Å². The lowest BCUT2D eigenvalue weighted by atomic mass is 10.2. The smallest absolute Gasteiger partial charge is 0.264 e. The summed E-state index contributed by atoms with van der Waals surface area (Å²) in [6.07, 6.45) is 2.89. The van der Waals surface area contributed by atoms with E-state index in [1.165, 1.54) is 26.4 Å². The Labute approximate surface area is 172 Å². The number of benzene rings is 2. The van der Waals surface area contributed by atoms with Gasteiger partial charge in [-0.05, 0) is 42.8 Å². The highest BCUT2D eigenvalue weighted by Crippen LogP contribution is 2.32. The fraction of sp³-hybridized carbons (Fsp3) is 0.381. The molecule has 0 saturated carbocycles. The molecular formula is C21H28N2O5S. The van der Waals surface area contributed by atoms with E-state index in [9.17, 15) is 13.2 Å². The number of para-hydroxylation sites is 2. The number of hydrogen-bond acceptors (Lipinski definition) is 5. The molecule has 0 aliphatic heterocycles. The van der Waals surface area contributed by atoms with Gasteiger partial charge in [-0.3, -0.25) is 9.10 Å². The van der Waals surface area contributed by atoms with Gasteiger partial charge in [-0.15, -0.1) is 0 Å². The number of rotatable bonds is 11. The second-order valence-electron chi connectivity index (χ2n) is 6.42. The number of nitrogens with zero attached hydrogens (tertiary/aromatic N) is 1. The molecular weight excluding hydrogens is 392 g/mol. The van der Waals surface area contributed by atoms with Crippen LogP contribution < -0.4 is 19.1 Å². The van der Waals surface area contributed by atoms with Gasteiger partial charge in [0, 0.05) is 6.54 Å². The maximum absolute atomic E-state index is 13.4. The van der Waals surface area contributed by atoms with Crippen LogP contribution in [0.4, 0.5) is 5.69 Å². The van der Waals surface area contributed by atoms with Crippen LogP contribution >= 0.6 is 0 Å². The summed E-state index contributed by atoms with van der Waals surface area (Å²) in [6, 6.07) is 12.8. The third-order valence-corrected chi connectivity index (χ3v) is 6.16. The highest BCUT2D eigenvalue weighted by Gasteiger charge is 2.29. The molecule has 0 aliphatic rings. The van der Waals surface area contributed by atoms with Crippen molar-refractivity contribution in [3.05, 3.63) is 48.5 Å². The minimum absolute atomic E-state index is 0.0583. The minimum atomic E-state index is -4.01. The summed E-state index contributed by atoms with van der Waals surface area (Å²) < 4.78 is 38.2. The summed E-state index contributed by atoms with van der Waals surface area (Å²) in [5.41, 5.74) is 0.300. The third-order valence-electron chi connectivity index (χ3n) is 4.39. The van der Waals surface area contributed by atoms with Crippen LogP contribution in [0.5, 0.6) is 11.5 Å². The Bertz CT molecular complexity index is 898. The second kappa shape index (κ2) is 10.7. The summed E-state index contributed by atoms with van der Waals surface area (Å²) in [7, 11) is -1.04. The first kappa shape index (κ1) is 22.5. The minimum Gasteiger partial charge on any atom is -0.497 e. The lowest BCUT2D eigenvalue weighted by molar-refractivity contribution is -0.119. The predicted molar refractivity (Wildman–Crippen MR) is 113 cm³/mol. The van der Waals surface area contributed by atoms with E-state index in [1.807, 2.05) is 0 Å². The van der Waals surface area contributed by atoms with E-state index < -0.39 is 10.0 Å². The quantitative estimate of drug-likeness (QED) is 0.564. The number of ether oxygens (including phenoxy) is 2. The molecule has 29 heavy (non-hydrogen) atoms. The van der Waals surface area contributed by atoms with E-state index in [1.54, 1.807) is 36.4 Å². The zero-order chi connectivity index (χ0) is 21.3. The average Bonchev–Trinajstić information content (AvgIpc) is 2.75. The van der Waals surface area contributed by atoms with Crippen molar-refractivity contribution >= 4 is 21.6 Å². The fourth-order valence-electron chi connectivity index (χ4n) is 2.80. The Balaban J connectivity index is 2.36. The van der Waals surface area contributed by atoms with Crippen LogP contribution in [0.15, 0.2) is 53.4 Å². The molecule has 0 fully saturated rings. The molecule has 2 aromatic rings. The van der Waals surface area contributed by atoms with Gasteiger partial charge in [-0.25, -0.2) is 8.42 Å². The molecule has 0 aliphatic carbocycles. The molecule has 0 unspecified atom stereocenters. The normalized spacial score (nSPS) is 11.0. The summed E-state index contributed by atoms with van der Waals surface area (Å²) in [6.45, 7) is 2.24. The highest BCUT2D eigenvalue weighted by molar-refractivity contribution is 7.92. The van der Waals surface area contributed by atoms with Gasteiger partial charge in [0.25, 0.3) is 10.0 Å². The number of nitrogens with one attached hydrogen (secondary N) is 1. The SMILES string of the molecule is CCCCCNC(=O)CN(c1ccccc1OC)S(=O)(=O)c1ccc(OC)cc1. The first-order chi connectivity index (χ1) is 13.9. The van der Waals surface area contributed by atoms with Crippen molar-refractivity contribution in [2.24, 2.45) is 0 Å². The van der Waals surface area contributed by atoms with Gasteiger partial charge in [0.1, 0.15) is 18.0 Å². The van der Waals surface area contributed by atoms with Crippen LogP contribution in [0, 0.1) is 0 Å². The average molecular weight is 421 g/mol. The molecule has 0 aromatic heterocycles. The van der Waals surface area contributed by atoms with Crippen molar-refractivity contribution in [1.82, 2.24) is 5.32 Å². The topological polar surface area (TPSA) is 84.9 Å². The van der Waals surface area contributed by atoms with Crippen molar-refractivity contribution in [3.63, 3.8) is 0 Å². The summed E-state index contributed by atoms with van der Waals surface area (Å²) >= 11 is 0. The van der Waals surface area contributed by atoms with Gasteiger partial charge in [0.05, 0.1) is 24.8 Å². The van der Waals surface area contributed by atoms with Gasteiger partial charge >= 0.3 is 0 Å². The number of carbonyl (C=O) groups excluding carboxylic acids is 1. The predicted octanol–water partition coefficient (Wildman–Crippen LogP) is 3.21. The van der Waals surface area contributed by atoms with E-state index >= 15 is 0 Å². The number of unbranched alkanes of at least 4 members (excludes halogenated alkanes) is 2. The lowest BCUT2D eigenvalue weighted by Gasteiger charge is -2.25. The molecule has 0 radical (unpaired) electrons. The van der Waals surface area contributed by atoms with Crippen LogP contribution in [0.3, 0.4) is 0 Å². The molecule has 0 saturated heterocycles. The van der Waals surface area contributed by atoms with Gasteiger partial charge in [0.2, 0.25) is 5.91 Å². The molecule has 8 heteroatoms. The zero-order valence-corrected chi connectivity index (χ0v) is 17.9. The van der Waals surface area contributed by atoms with E-state index in [4.69, 9.17) is 9.47 Å². The van der Waals surface area contributed by atoms with Gasteiger partial charge < -0.3 is 14.8 Å². The molecule has 0 heterocycles. The molecule has 2 rings (SSSR count). The zero-order valence-electron chi connectivity index (χ0n) is 17.1. The number of sulfonamides is 1. The van der Waals surface area contributed by atoms with Crippen molar-refractivity contribution in [3.8, 4) is 11.5 Å². The van der Waals surface area contributed by atoms with Crippen LogP contribution in [0.2, 0.25) is 0 Å². The van der Waals surface area contributed by atoms with Gasteiger partial charge in [0.15, 0.2) is 0 Å². The molecule has 7 nitrogen and oxygen atoms in total. The molecule has 1 amide bonds. The number of amides is 1. The van der Waals surface area contributed by atoms with Crippen molar-refractivity contribution in [2.75, 3.05) is 31.6 Å². The molecule has 1 N–H and O–H groups in total. The Morgan fingerprint density at radius 1 is 1.00 bits per heavy atom. The van der Waals surface area contributed by atoms with Crippen molar-refractivity contribution in [2.45, 2.75) is 31.1 Å². The van der Waals surface area contributed by atoms with Gasteiger partial charge in [-0.2, -0.15) is 0 Å². The Morgan fingerprint density at radius 2 is 1.69 bits per heavy atom. The molecule has 0 bridgehead atoms. The van der Waals surface area contributed by atoms with E-state index in [0.717, 1.165) is 23.6 Å². The van der Waals surface area contributed by atoms with Gasteiger partial charge in [-0.1, -0.05) is 31.9 Å². The van der Waals surface area contributed by atoms with E-state index in [-0.39, 0.29) is 17.3 Å². The number of anilines is 1. The lowest BCUT2D eigenvalue weighted by Crippen LogP contribution is -2.41. The molecule has 0 spiro atoms. The largest absolute Gasteiger partial charge is 0.497 e. The Morgan fingerprint density at radius 3 is 2.31 bits per heavy atom. The first-order valence-corrected chi connectivity index (χ1v) is 10.9. The fourth-order valence-corrected chi connectivity index (χ4v) is 4.23. The Hall–Kier alpha value is -2.74. The molecule has 158 valence electrons. The molecule has 2 aromatic carbocycles. The Kier molecular flexibility index (Phi) is 8.33. The number of hydrogen-bond donors (Lipinski definition) is 1. The van der Waals surface area contributed by atoms with E-state index in [0.29, 0.717) is 23.7 Å². The summed E-state index contributed by atoms with van der Waals surface area (Å²) in [4.78, 5) is 12.5. The van der Waals surface area contributed by atoms with E-state index in [2.05, 4.69) is 12.2 Å². The van der Waals surface area contributed by atoms with Crippen molar-refractivity contribution in [1.29, 1.82) is 0 Å². The monoisotopic (exact) mass is 420 g/mol. The maximum atomic E-state index is 13.4.